The molecule has 1 amide bonds. The molecular formula is C26H38ClN3O3S. The molecule has 0 fully saturated rings. The van der Waals surface area contributed by atoms with Gasteiger partial charge in [-0.2, -0.15) is 0 Å². The van der Waals surface area contributed by atoms with Crippen LogP contribution in [0, 0.1) is 5.92 Å². The van der Waals surface area contributed by atoms with Gasteiger partial charge in [-0.3, -0.25) is 9.10 Å². The molecule has 3 rings (SSSR count). The molecule has 1 N–H and O–H groups in total. The van der Waals surface area contributed by atoms with Gasteiger partial charge in [0.2, 0.25) is 0 Å². The lowest BCUT2D eigenvalue weighted by atomic mass is 9.95. The van der Waals surface area contributed by atoms with Crippen LogP contribution in [-0.4, -0.2) is 65.4 Å². The highest BCUT2D eigenvalue weighted by molar-refractivity contribution is 7.83. The number of hydrogen-bond donors (Lipinski definition) is 1. The zero-order chi connectivity index (χ0) is 24.7. The molecule has 0 aromatic heterocycles. The first kappa shape index (κ1) is 26.8. The predicted molar refractivity (Wildman–Crippen MR) is 142 cm³/mol. The fourth-order valence-corrected chi connectivity index (χ4v) is 5.39. The van der Waals surface area contributed by atoms with Gasteiger partial charge in [0.25, 0.3) is 5.91 Å². The maximum atomic E-state index is 12.9. The predicted octanol–water partition coefficient (Wildman–Crippen LogP) is 4.53. The van der Waals surface area contributed by atoms with Crippen molar-refractivity contribution in [1.82, 2.24) is 9.62 Å². The Hall–Kier alpha value is -1.83. The molecule has 1 aromatic carbocycles. The van der Waals surface area contributed by atoms with Gasteiger partial charge in [-0.1, -0.05) is 30.7 Å². The third-order valence-corrected chi connectivity index (χ3v) is 8.11. The summed E-state index contributed by atoms with van der Waals surface area (Å²) in [6.07, 6.45) is 10.5. The van der Waals surface area contributed by atoms with Crippen LogP contribution < -0.4 is 15.0 Å². The Morgan fingerprint density at radius 1 is 1.41 bits per heavy atom. The minimum Gasteiger partial charge on any atom is -0.491 e. The smallest absolute Gasteiger partial charge is 0.265 e. The van der Waals surface area contributed by atoms with E-state index in [1.807, 2.05) is 25.3 Å². The number of carbonyl (C=O) groups excluding carboxylic acids is 1. The minimum atomic E-state index is -1.33. The summed E-state index contributed by atoms with van der Waals surface area (Å²) < 4.78 is 19.7. The molecule has 2 aliphatic rings. The van der Waals surface area contributed by atoms with Crippen molar-refractivity contribution in [3.63, 3.8) is 0 Å². The fourth-order valence-electron chi connectivity index (χ4n) is 4.43. The van der Waals surface area contributed by atoms with E-state index in [4.69, 9.17) is 16.3 Å². The van der Waals surface area contributed by atoms with Crippen LogP contribution in [0.4, 0.5) is 5.69 Å². The summed E-state index contributed by atoms with van der Waals surface area (Å²) in [6.45, 7) is 6.29. The first-order chi connectivity index (χ1) is 16.3. The molecule has 0 spiro atoms. The van der Waals surface area contributed by atoms with Crippen LogP contribution in [0.2, 0.25) is 0 Å². The number of nitrogens with one attached hydrogen (secondary N) is 1. The van der Waals surface area contributed by atoms with Crippen LogP contribution in [0.5, 0.6) is 5.75 Å². The molecule has 34 heavy (non-hydrogen) atoms. The number of benzene rings is 1. The number of fused-ring (bicyclic) bond motifs is 1. The number of hydrogen-bond acceptors (Lipinski definition) is 5. The molecule has 0 bridgehead atoms. The van der Waals surface area contributed by atoms with Crippen LogP contribution in [0.3, 0.4) is 0 Å². The number of alkyl halides is 1. The van der Waals surface area contributed by atoms with Crippen LogP contribution in [-0.2, 0) is 11.0 Å². The van der Waals surface area contributed by atoms with Crippen LogP contribution in [0.25, 0.3) is 0 Å². The van der Waals surface area contributed by atoms with Crippen molar-refractivity contribution in [2.24, 2.45) is 5.92 Å². The van der Waals surface area contributed by atoms with E-state index in [1.54, 1.807) is 20.0 Å². The van der Waals surface area contributed by atoms with Crippen molar-refractivity contribution in [3.8, 4) is 5.75 Å². The van der Waals surface area contributed by atoms with E-state index in [0.29, 0.717) is 23.8 Å². The summed E-state index contributed by atoms with van der Waals surface area (Å²) in [7, 11) is 2.22. The van der Waals surface area contributed by atoms with Gasteiger partial charge in [0.15, 0.2) is 0 Å². The lowest BCUT2D eigenvalue weighted by molar-refractivity contribution is 0.0887. The number of likely N-dealkylation sites (N-methyl/N-ethyl adjacent to an activating group) is 1. The summed E-state index contributed by atoms with van der Waals surface area (Å²) in [4.78, 5) is 15.3. The van der Waals surface area contributed by atoms with Crippen molar-refractivity contribution in [3.05, 3.63) is 47.6 Å². The quantitative estimate of drug-likeness (QED) is 0.471. The largest absolute Gasteiger partial charge is 0.491 e. The molecule has 1 heterocycles. The number of nitrogens with zero attached hydrogens (tertiary/aromatic N) is 2. The number of halogens is 1. The summed E-state index contributed by atoms with van der Waals surface area (Å²) in [6, 6.07) is 5.83. The Morgan fingerprint density at radius 3 is 2.91 bits per heavy atom. The molecule has 4 unspecified atom stereocenters. The molecule has 188 valence electrons. The third-order valence-electron chi connectivity index (χ3n) is 6.54. The fraction of sp³-hybridized carbons (Fsp3) is 0.577. The number of carbonyl (C=O) groups is 1. The third kappa shape index (κ3) is 7.09. The Morgan fingerprint density at radius 2 is 2.21 bits per heavy atom. The van der Waals surface area contributed by atoms with Gasteiger partial charge in [-0.15, -0.1) is 11.6 Å². The topological polar surface area (TPSA) is 61.9 Å². The Labute approximate surface area is 211 Å². The van der Waals surface area contributed by atoms with Crippen LogP contribution in [0.15, 0.2) is 42.0 Å². The summed E-state index contributed by atoms with van der Waals surface area (Å²) >= 11 is 6.27. The van der Waals surface area contributed by atoms with E-state index in [2.05, 4.69) is 29.3 Å². The monoisotopic (exact) mass is 507 g/mol. The lowest BCUT2D eigenvalue weighted by Crippen LogP contribution is -2.40. The summed E-state index contributed by atoms with van der Waals surface area (Å²) in [5.41, 5.74) is 2.87. The molecule has 8 heteroatoms. The average Bonchev–Trinajstić information content (AvgIpc) is 3.01. The van der Waals surface area contributed by atoms with Crippen molar-refractivity contribution in [2.45, 2.75) is 50.9 Å². The number of rotatable bonds is 10. The first-order valence-corrected chi connectivity index (χ1v) is 13.9. The lowest BCUT2D eigenvalue weighted by Gasteiger charge is -2.29. The SMILES string of the molecule is CCS(=O)N(C)C(=O)c1ccc2c(c1)N(CC(C)NC)CC(CCCC1=CC=CC(Cl)C1)CO2. The van der Waals surface area contributed by atoms with Crippen molar-refractivity contribution >= 4 is 34.2 Å². The van der Waals surface area contributed by atoms with E-state index in [-0.39, 0.29) is 17.3 Å². The normalized spacial score (nSPS) is 21.7. The van der Waals surface area contributed by atoms with Gasteiger partial charge in [0, 0.05) is 43.4 Å². The van der Waals surface area contributed by atoms with E-state index < -0.39 is 11.0 Å². The standard InChI is InChI=1S/C26H38ClN3O3S/c1-5-34(32)29(4)26(31)22-12-13-25-24(15-22)30(16-19(2)28-3)17-21(18-33-25)10-6-8-20-9-7-11-23(27)14-20/h7,9,11-13,15,19,21,23,28H,5-6,8,10,14,16-18H2,1-4H3. The summed E-state index contributed by atoms with van der Waals surface area (Å²) in [5, 5.41) is 3.43. The zero-order valence-electron chi connectivity index (χ0n) is 20.8. The molecule has 1 aromatic rings. The highest BCUT2D eigenvalue weighted by Crippen LogP contribution is 2.35. The molecule has 1 aliphatic heterocycles. The second kappa shape index (κ2) is 12.8. The Kier molecular flexibility index (Phi) is 10.0. The Bertz CT molecular complexity index is 936. The molecule has 0 radical (unpaired) electrons. The van der Waals surface area contributed by atoms with E-state index in [0.717, 1.165) is 50.2 Å². The number of anilines is 1. The van der Waals surface area contributed by atoms with Crippen molar-refractivity contribution in [2.75, 3.05) is 44.4 Å². The highest BCUT2D eigenvalue weighted by Gasteiger charge is 2.26. The van der Waals surface area contributed by atoms with E-state index in [9.17, 15) is 9.00 Å². The molecule has 6 nitrogen and oxygen atoms in total. The molecular weight excluding hydrogens is 470 g/mol. The highest BCUT2D eigenvalue weighted by atomic mass is 35.5. The van der Waals surface area contributed by atoms with Gasteiger partial charge < -0.3 is 15.0 Å². The maximum absolute atomic E-state index is 12.9. The van der Waals surface area contributed by atoms with Crippen LogP contribution in [0.1, 0.15) is 49.9 Å². The number of amides is 1. The van der Waals surface area contributed by atoms with Gasteiger partial charge in [0.1, 0.15) is 16.7 Å². The first-order valence-electron chi connectivity index (χ1n) is 12.2. The van der Waals surface area contributed by atoms with Gasteiger partial charge in [0.05, 0.1) is 17.7 Å². The summed E-state index contributed by atoms with van der Waals surface area (Å²) in [5.74, 6) is 1.35. The minimum absolute atomic E-state index is 0.111. The van der Waals surface area contributed by atoms with Crippen LogP contribution >= 0.6 is 11.6 Å². The maximum Gasteiger partial charge on any atom is 0.265 e. The molecule has 4 atom stereocenters. The molecule has 1 aliphatic carbocycles. The van der Waals surface area contributed by atoms with Gasteiger partial charge in [-0.05, 0) is 57.9 Å². The number of ether oxygens (including phenoxy) is 1. The Balaban J connectivity index is 1.74. The number of allylic oxidation sites excluding steroid dienone is 4. The van der Waals surface area contributed by atoms with E-state index >= 15 is 0 Å². The van der Waals surface area contributed by atoms with Crippen molar-refractivity contribution in [1.29, 1.82) is 0 Å². The van der Waals surface area contributed by atoms with Crippen molar-refractivity contribution < 1.29 is 13.7 Å². The van der Waals surface area contributed by atoms with E-state index in [1.165, 1.54) is 9.88 Å². The molecule has 0 saturated carbocycles. The van der Waals surface area contributed by atoms with Gasteiger partial charge in [-0.25, -0.2) is 4.21 Å². The second-order valence-corrected chi connectivity index (χ2v) is 11.5. The van der Waals surface area contributed by atoms with Gasteiger partial charge >= 0.3 is 0 Å². The molecule has 0 saturated heterocycles. The average molecular weight is 508 g/mol. The zero-order valence-corrected chi connectivity index (χ0v) is 22.3. The second-order valence-electron chi connectivity index (χ2n) is 9.19.